The molecule has 162 valence electrons. The third kappa shape index (κ3) is 5.24. The number of aromatic carboxylic acids is 1. The molecule has 2 N–H and O–H groups in total. The summed E-state index contributed by atoms with van der Waals surface area (Å²) < 4.78 is 67.5. The zero-order valence-corrected chi connectivity index (χ0v) is 16.9. The van der Waals surface area contributed by atoms with E-state index in [0.717, 1.165) is 12.1 Å². The zero-order valence-electron chi connectivity index (χ0n) is 16.1. The van der Waals surface area contributed by atoms with Crippen molar-refractivity contribution in [2.45, 2.75) is 23.9 Å². The van der Waals surface area contributed by atoms with Gasteiger partial charge in [-0.15, -0.1) is 0 Å². The maximum Gasteiger partial charge on any atom is 0.417 e. The molecule has 0 unspecified atom stereocenters. The van der Waals surface area contributed by atoms with Crippen LogP contribution in [0, 0.1) is 0 Å². The number of hydrogen-bond acceptors (Lipinski definition) is 3. The molecular weight excluding hydrogens is 431 g/mol. The lowest BCUT2D eigenvalue weighted by Crippen LogP contribution is -2.19. The van der Waals surface area contributed by atoms with Crippen molar-refractivity contribution in [3.8, 4) is 0 Å². The van der Waals surface area contributed by atoms with Crippen LogP contribution in [0.3, 0.4) is 0 Å². The van der Waals surface area contributed by atoms with Gasteiger partial charge in [0, 0.05) is 0 Å². The van der Waals surface area contributed by atoms with Gasteiger partial charge in [0.05, 0.1) is 21.7 Å². The Labute approximate surface area is 177 Å². The molecule has 0 aromatic heterocycles. The first-order chi connectivity index (χ1) is 14.6. The SMILES string of the molecule is O=C(O)c1ccccc1CCc1ccccc1NS(=O)(=O)c1ccccc1C(F)(F)F. The number of sulfonamides is 1. The quantitative estimate of drug-likeness (QED) is 0.532. The molecule has 3 aromatic carbocycles. The van der Waals surface area contributed by atoms with E-state index in [-0.39, 0.29) is 17.7 Å². The van der Waals surface area contributed by atoms with Gasteiger partial charge in [0.2, 0.25) is 0 Å². The van der Waals surface area contributed by atoms with E-state index in [2.05, 4.69) is 4.72 Å². The minimum absolute atomic E-state index is 0.132. The molecule has 5 nitrogen and oxygen atoms in total. The van der Waals surface area contributed by atoms with E-state index < -0.39 is 32.6 Å². The van der Waals surface area contributed by atoms with Gasteiger partial charge in [-0.1, -0.05) is 48.5 Å². The van der Waals surface area contributed by atoms with Crippen LogP contribution < -0.4 is 4.72 Å². The second-order valence-electron chi connectivity index (χ2n) is 6.72. The lowest BCUT2D eigenvalue weighted by Gasteiger charge is -2.16. The number of anilines is 1. The minimum Gasteiger partial charge on any atom is -0.478 e. The molecular formula is C22H18F3NO4S. The van der Waals surface area contributed by atoms with Crippen molar-refractivity contribution in [1.29, 1.82) is 0 Å². The zero-order chi connectivity index (χ0) is 22.6. The maximum absolute atomic E-state index is 13.3. The van der Waals surface area contributed by atoms with E-state index in [1.807, 2.05) is 0 Å². The molecule has 0 aliphatic carbocycles. The molecule has 0 aliphatic rings. The number of carbonyl (C=O) groups is 1. The average Bonchev–Trinajstić information content (AvgIpc) is 2.72. The molecule has 0 heterocycles. The second kappa shape index (κ2) is 8.81. The number of benzene rings is 3. The Balaban J connectivity index is 1.89. The summed E-state index contributed by atoms with van der Waals surface area (Å²) in [5.74, 6) is -1.08. The van der Waals surface area contributed by atoms with Gasteiger partial charge in [0.15, 0.2) is 0 Å². The monoisotopic (exact) mass is 449 g/mol. The van der Waals surface area contributed by atoms with Crippen LogP contribution in [0.1, 0.15) is 27.0 Å². The van der Waals surface area contributed by atoms with Gasteiger partial charge >= 0.3 is 12.1 Å². The van der Waals surface area contributed by atoms with E-state index in [9.17, 15) is 31.5 Å². The van der Waals surface area contributed by atoms with E-state index in [1.165, 1.54) is 18.2 Å². The first-order valence-electron chi connectivity index (χ1n) is 9.18. The average molecular weight is 449 g/mol. The van der Waals surface area contributed by atoms with Crippen molar-refractivity contribution in [2.75, 3.05) is 4.72 Å². The minimum atomic E-state index is -4.83. The molecule has 0 amide bonds. The van der Waals surface area contributed by atoms with Crippen LogP contribution in [0.2, 0.25) is 0 Å². The summed E-state index contributed by atoms with van der Waals surface area (Å²) in [6.45, 7) is 0. The third-order valence-corrected chi connectivity index (χ3v) is 6.08. The third-order valence-electron chi connectivity index (χ3n) is 4.66. The van der Waals surface area contributed by atoms with Crippen molar-refractivity contribution in [2.24, 2.45) is 0 Å². The van der Waals surface area contributed by atoms with Crippen molar-refractivity contribution in [3.63, 3.8) is 0 Å². The fourth-order valence-electron chi connectivity index (χ4n) is 3.19. The summed E-state index contributed by atoms with van der Waals surface area (Å²) in [4.78, 5) is 10.5. The van der Waals surface area contributed by atoms with E-state index in [4.69, 9.17) is 0 Å². The highest BCUT2D eigenvalue weighted by molar-refractivity contribution is 7.92. The molecule has 3 rings (SSSR count). The molecule has 0 fully saturated rings. The fraction of sp³-hybridized carbons (Fsp3) is 0.136. The molecule has 0 spiro atoms. The van der Waals surface area contributed by atoms with Gasteiger partial charge in [-0.2, -0.15) is 13.2 Å². The van der Waals surface area contributed by atoms with Crippen LogP contribution in [0.4, 0.5) is 18.9 Å². The van der Waals surface area contributed by atoms with Crippen LogP contribution in [0.15, 0.2) is 77.7 Å². The van der Waals surface area contributed by atoms with Crippen molar-refractivity contribution >= 4 is 21.7 Å². The van der Waals surface area contributed by atoms with Crippen LogP contribution in [0.25, 0.3) is 0 Å². The number of nitrogens with one attached hydrogen (secondary N) is 1. The van der Waals surface area contributed by atoms with Crippen LogP contribution in [0.5, 0.6) is 0 Å². The predicted molar refractivity (Wildman–Crippen MR) is 110 cm³/mol. The van der Waals surface area contributed by atoms with E-state index in [0.29, 0.717) is 23.6 Å². The van der Waals surface area contributed by atoms with Gasteiger partial charge in [-0.3, -0.25) is 4.72 Å². The molecule has 9 heteroatoms. The summed E-state index contributed by atoms with van der Waals surface area (Å²) in [7, 11) is -4.52. The topological polar surface area (TPSA) is 83.5 Å². The number of para-hydroxylation sites is 1. The summed E-state index contributed by atoms with van der Waals surface area (Å²) in [6, 6.07) is 16.7. The molecule has 3 aromatic rings. The molecule has 0 aliphatic heterocycles. The Hall–Kier alpha value is -3.33. The second-order valence-corrected chi connectivity index (χ2v) is 8.37. The summed E-state index contributed by atoms with van der Waals surface area (Å²) in [6.07, 6.45) is -4.24. The predicted octanol–water partition coefficient (Wildman–Crippen LogP) is 4.99. The van der Waals surface area contributed by atoms with Crippen molar-refractivity contribution in [3.05, 3.63) is 95.1 Å². The Morgan fingerprint density at radius 3 is 2.06 bits per heavy atom. The Bertz CT molecular complexity index is 1210. The number of carboxylic acid groups (broad SMARTS) is 1. The molecule has 31 heavy (non-hydrogen) atoms. The van der Waals surface area contributed by atoms with Crippen molar-refractivity contribution in [1.82, 2.24) is 0 Å². The number of hydrogen-bond donors (Lipinski definition) is 2. The Kier molecular flexibility index (Phi) is 6.35. The maximum atomic E-state index is 13.3. The largest absolute Gasteiger partial charge is 0.478 e. The lowest BCUT2D eigenvalue weighted by atomic mass is 9.99. The summed E-state index contributed by atoms with van der Waals surface area (Å²) in [5.41, 5.74) is 0.105. The first-order valence-corrected chi connectivity index (χ1v) is 10.7. The molecule has 0 radical (unpaired) electrons. The van der Waals surface area contributed by atoms with Gasteiger partial charge in [-0.25, -0.2) is 13.2 Å². The van der Waals surface area contributed by atoms with E-state index in [1.54, 1.807) is 36.4 Å². The number of halogens is 3. The Morgan fingerprint density at radius 2 is 1.39 bits per heavy atom. The summed E-state index contributed by atoms with van der Waals surface area (Å²) >= 11 is 0. The highest BCUT2D eigenvalue weighted by Crippen LogP contribution is 2.35. The highest BCUT2D eigenvalue weighted by atomic mass is 32.2. The first kappa shape index (κ1) is 22.4. The molecule has 0 saturated heterocycles. The van der Waals surface area contributed by atoms with Gasteiger partial charge < -0.3 is 5.11 Å². The smallest absolute Gasteiger partial charge is 0.417 e. The lowest BCUT2D eigenvalue weighted by molar-refractivity contribution is -0.139. The normalized spacial score (nSPS) is 11.8. The van der Waals surface area contributed by atoms with E-state index >= 15 is 0 Å². The fourth-order valence-corrected chi connectivity index (χ4v) is 4.52. The highest BCUT2D eigenvalue weighted by Gasteiger charge is 2.37. The Morgan fingerprint density at radius 1 is 0.839 bits per heavy atom. The van der Waals surface area contributed by atoms with Crippen molar-refractivity contribution < 1.29 is 31.5 Å². The van der Waals surface area contributed by atoms with Crippen LogP contribution in [-0.4, -0.2) is 19.5 Å². The number of carboxylic acids is 1. The molecule has 0 bridgehead atoms. The molecule has 0 atom stereocenters. The molecule has 0 saturated carbocycles. The standard InChI is InChI=1S/C22H18F3NO4S/c23-22(24,25)18-10-4-6-12-20(18)31(29,30)26-19-11-5-2-8-16(19)14-13-15-7-1-3-9-17(15)21(27)28/h1-12,26H,13-14H2,(H,27,28). The summed E-state index contributed by atoms with van der Waals surface area (Å²) in [5, 5.41) is 9.30. The number of rotatable bonds is 7. The van der Waals surface area contributed by atoms with Crippen LogP contribution >= 0.6 is 0 Å². The van der Waals surface area contributed by atoms with Gasteiger partial charge in [0.25, 0.3) is 10.0 Å². The number of alkyl halides is 3. The number of aryl methyl sites for hydroxylation is 2. The van der Waals surface area contributed by atoms with Gasteiger partial charge in [-0.05, 0) is 48.2 Å². The van der Waals surface area contributed by atoms with Gasteiger partial charge in [0.1, 0.15) is 0 Å². The van der Waals surface area contributed by atoms with Crippen LogP contribution in [-0.2, 0) is 29.0 Å².